The molecule has 3 heterocycles. The highest BCUT2D eigenvalue weighted by molar-refractivity contribution is 6.30. The minimum absolute atomic E-state index is 0.0463. The van der Waals surface area contributed by atoms with Crippen LogP contribution >= 0.6 is 11.6 Å². The Kier molecular flexibility index (Phi) is 6.10. The van der Waals surface area contributed by atoms with Crippen LogP contribution in [0.4, 0.5) is 5.82 Å². The van der Waals surface area contributed by atoms with Gasteiger partial charge in [0.2, 0.25) is 0 Å². The second-order valence-electron chi connectivity index (χ2n) is 7.49. The fourth-order valence-electron chi connectivity index (χ4n) is 3.80. The van der Waals surface area contributed by atoms with E-state index >= 15 is 0 Å². The number of amides is 1. The standard InChI is InChI=1S/C22H21ClN6O3/c23-15-4-2-13(3-5-15)18-17(8-14(9-24)22(32)28-10-16(31)11-28)29(6-1-7-30)21-19(18)20(25)26-12-27-21/h2-5,8,12,16,30-31H,1,6-7,10-11H2,(H2,25,26,27)/b14-8+. The van der Waals surface area contributed by atoms with Gasteiger partial charge in [-0.05, 0) is 30.2 Å². The van der Waals surface area contributed by atoms with Crippen molar-refractivity contribution in [3.63, 3.8) is 0 Å². The number of likely N-dealkylation sites (tertiary alicyclic amines) is 1. The minimum Gasteiger partial charge on any atom is -0.396 e. The van der Waals surface area contributed by atoms with Crippen LogP contribution in [0.25, 0.3) is 28.2 Å². The molecule has 1 aliphatic heterocycles. The lowest BCUT2D eigenvalue weighted by molar-refractivity contribution is -0.136. The van der Waals surface area contributed by atoms with Crippen LogP contribution in [-0.2, 0) is 11.3 Å². The number of hydrogen-bond acceptors (Lipinski definition) is 7. The number of aromatic nitrogens is 3. The van der Waals surface area contributed by atoms with E-state index in [1.54, 1.807) is 12.1 Å². The first-order valence-electron chi connectivity index (χ1n) is 10.0. The highest BCUT2D eigenvalue weighted by Crippen LogP contribution is 2.38. The van der Waals surface area contributed by atoms with E-state index in [0.29, 0.717) is 40.3 Å². The lowest BCUT2D eigenvalue weighted by Crippen LogP contribution is -2.53. The van der Waals surface area contributed by atoms with Crippen LogP contribution in [0.1, 0.15) is 12.1 Å². The van der Waals surface area contributed by atoms with Gasteiger partial charge in [0, 0.05) is 36.8 Å². The van der Waals surface area contributed by atoms with Crippen LogP contribution in [0, 0.1) is 11.3 Å². The molecule has 0 spiro atoms. The molecule has 4 N–H and O–H groups in total. The Bertz CT molecular complexity index is 1240. The zero-order valence-corrected chi connectivity index (χ0v) is 17.8. The van der Waals surface area contributed by atoms with Crippen molar-refractivity contribution in [2.75, 3.05) is 25.4 Å². The molecule has 1 amide bonds. The van der Waals surface area contributed by atoms with Crippen LogP contribution in [0.15, 0.2) is 36.2 Å². The Hall–Kier alpha value is -3.45. The van der Waals surface area contributed by atoms with Gasteiger partial charge in [0.25, 0.3) is 5.91 Å². The summed E-state index contributed by atoms with van der Waals surface area (Å²) in [5.41, 5.74) is 8.66. The minimum atomic E-state index is -0.574. The van der Waals surface area contributed by atoms with E-state index in [4.69, 9.17) is 17.3 Å². The third-order valence-electron chi connectivity index (χ3n) is 5.36. The molecule has 1 aliphatic rings. The predicted octanol–water partition coefficient (Wildman–Crippen LogP) is 1.83. The monoisotopic (exact) mass is 452 g/mol. The molecule has 1 fully saturated rings. The quantitative estimate of drug-likeness (QED) is 0.382. The molecule has 2 aromatic heterocycles. The largest absolute Gasteiger partial charge is 0.396 e. The maximum absolute atomic E-state index is 12.8. The average molecular weight is 453 g/mol. The third-order valence-corrected chi connectivity index (χ3v) is 5.62. The number of carbonyl (C=O) groups excluding carboxylic acids is 1. The Labute approximate surface area is 189 Å². The third kappa shape index (κ3) is 3.91. The van der Waals surface area contributed by atoms with Gasteiger partial charge in [-0.2, -0.15) is 5.26 Å². The maximum Gasteiger partial charge on any atom is 0.264 e. The molecule has 4 rings (SSSR count). The molecule has 32 heavy (non-hydrogen) atoms. The SMILES string of the molecule is N#C/C(=C\c1c(-c2ccc(Cl)cc2)c2c(N)ncnc2n1CCCO)C(=O)N1CC(O)C1. The van der Waals surface area contributed by atoms with Crippen molar-refractivity contribution in [1.82, 2.24) is 19.4 Å². The van der Waals surface area contributed by atoms with Gasteiger partial charge in [0.05, 0.1) is 17.2 Å². The number of nitriles is 1. The van der Waals surface area contributed by atoms with E-state index in [1.807, 2.05) is 22.8 Å². The number of aliphatic hydroxyl groups excluding tert-OH is 2. The normalized spacial score (nSPS) is 14.4. The fourth-order valence-corrected chi connectivity index (χ4v) is 3.92. The first kappa shape index (κ1) is 21.8. The number of nitrogens with two attached hydrogens (primary N) is 1. The van der Waals surface area contributed by atoms with Crippen molar-refractivity contribution in [3.05, 3.63) is 46.9 Å². The molecule has 1 saturated heterocycles. The first-order valence-corrected chi connectivity index (χ1v) is 10.4. The van der Waals surface area contributed by atoms with Gasteiger partial charge >= 0.3 is 0 Å². The summed E-state index contributed by atoms with van der Waals surface area (Å²) < 4.78 is 1.82. The number of anilines is 1. The van der Waals surface area contributed by atoms with Crippen LogP contribution in [0.3, 0.4) is 0 Å². The van der Waals surface area contributed by atoms with Gasteiger partial charge in [-0.25, -0.2) is 9.97 Å². The molecule has 0 bridgehead atoms. The molecule has 3 aromatic rings. The number of nitrogens with zero attached hydrogens (tertiary/aromatic N) is 5. The molecular weight excluding hydrogens is 432 g/mol. The van der Waals surface area contributed by atoms with E-state index in [9.17, 15) is 20.3 Å². The van der Waals surface area contributed by atoms with Gasteiger partial charge in [-0.15, -0.1) is 0 Å². The summed E-state index contributed by atoms with van der Waals surface area (Å²) >= 11 is 6.07. The number of carbonyl (C=O) groups is 1. The number of fused-ring (bicyclic) bond motifs is 1. The molecule has 0 aliphatic carbocycles. The Morgan fingerprint density at radius 2 is 2.03 bits per heavy atom. The fraction of sp³-hybridized carbons (Fsp3) is 0.273. The van der Waals surface area contributed by atoms with Crippen molar-refractivity contribution in [2.24, 2.45) is 0 Å². The summed E-state index contributed by atoms with van der Waals surface area (Å²) in [6.07, 6.45) is 2.72. The molecule has 1 aromatic carbocycles. The van der Waals surface area contributed by atoms with Gasteiger partial charge < -0.3 is 25.4 Å². The second-order valence-corrected chi connectivity index (χ2v) is 7.92. The van der Waals surface area contributed by atoms with Gasteiger partial charge in [-0.3, -0.25) is 4.79 Å². The van der Waals surface area contributed by atoms with Crippen molar-refractivity contribution in [3.8, 4) is 17.2 Å². The number of rotatable bonds is 6. The highest BCUT2D eigenvalue weighted by Gasteiger charge is 2.31. The smallest absolute Gasteiger partial charge is 0.264 e. The van der Waals surface area contributed by atoms with Crippen LogP contribution < -0.4 is 5.73 Å². The Balaban J connectivity index is 1.97. The number of aryl methyl sites for hydroxylation is 1. The summed E-state index contributed by atoms with van der Waals surface area (Å²) in [5.74, 6) is -0.203. The van der Waals surface area contributed by atoms with E-state index < -0.39 is 12.0 Å². The van der Waals surface area contributed by atoms with Crippen LogP contribution in [0.2, 0.25) is 5.02 Å². The molecule has 0 radical (unpaired) electrons. The molecule has 9 nitrogen and oxygen atoms in total. The summed E-state index contributed by atoms with van der Waals surface area (Å²) in [5, 5.41) is 29.8. The number of β-amino-alcohol motifs (C(OH)–C–C–N with tert-alkyl or cyclic N) is 1. The van der Waals surface area contributed by atoms with Crippen molar-refractivity contribution in [1.29, 1.82) is 5.26 Å². The summed E-state index contributed by atoms with van der Waals surface area (Å²) in [6.45, 7) is 0.717. The van der Waals surface area contributed by atoms with E-state index in [2.05, 4.69) is 9.97 Å². The zero-order chi connectivity index (χ0) is 22.8. The van der Waals surface area contributed by atoms with Crippen LogP contribution in [0.5, 0.6) is 0 Å². The van der Waals surface area contributed by atoms with Crippen molar-refractivity contribution < 1.29 is 15.0 Å². The van der Waals surface area contributed by atoms with Crippen LogP contribution in [-0.4, -0.2) is 61.4 Å². The molecule has 0 saturated carbocycles. The lowest BCUT2D eigenvalue weighted by Gasteiger charge is -2.35. The number of aliphatic hydroxyl groups is 2. The second kappa shape index (κ2) is 8.96. The topological polar surface area (TPSA) is 141 Å². The van der Waals surface area contributed by atoms with E-state index in [1.165, 1.54) is 17.3 Å². The zero-order valence-electron chi connectivity index (χ0n) is 17.1. The summed E-state index contributed by atoms with van der Waals surface area (Å²) in [4.78, 5) is 22.7. The molecule has 10 heteroatoms. The number of halogens is 1. The molecule has 0 atom stereocenters. The van der Waals surface area contributed by atoms with Gasteiger partial charge in [0.1, 0.15) is 29.4 Å². The molecule has 164 valence electrons. The average Bonchev–Trinajstić information content (AvgIpc) is 3.08. The van der Waals surface area contributed by atoms with Gasteiger partial charge in [-0.1, -0.05) is 23.7 Å². The first-order chi connectivity index (χ1) is 15.4. The number of benzene rings is 1. The maximum atomic E-state index is 12.8. The number of nitrogen functional groups attached to an aromatic ring is 1. The lowest BCUT2D eigenvalue weighted by atomic mass is 10.0. The summed E-state index contributed by atoms with van der Waals surface area (Å²) in [6, 6.07) is 9.08. The van der Waals surface area contributed by atoms with Gasteiger partial charge in [0.15, 0.2) is 0 Å². The highest BCUT2D eigenvalue weighted by atomic mass is 35.5. The van der Waals surface area contributed by atoms with E-state index in [0.717, 1.165) is 5.56 Å². The molecular formula is C22H21ClN6O3. The Morgan fingerprint density at radius 3 is 2.66 bits per heavy atom. The van der Waals surface area contributed by atoms with Crippen molar-refractivity contribution >= 4 is 40.4 Å². The predicted molar refractivity (Wildman–Crippen MR) is 120 cm³/mol. The van der Waals surface area contributed by atoms with E-state index in [-0.39, 0.29) is 31.1 Å². The summed E-state index contributed by atoms with van der Waals surface area (Å²) in [7, 11) is 0. The number of hydrogen-bond donors (Lipinski definition) is 3. The Morgan fingerprint density at radius 1 is 1.31 bits per heavy atom. The van der Waals surface area contributed by atoms with Crippen molar-refractivity contribution in [2.45, 2.75) is 19.1 Å². The molecule has 0 unspecified atom stereocenters.